The number of aliphatic imine (C=N–C) groups is 1. The Morgan fingerprint density at radius 1 is 1.16 bits per heavy atom. The van der Waals surface area contributed by atoms with Gasteiger partial charge in [0.15, 0.2) is 0 Å². The molecule has 0 saturated heterocycles. The first kappa shape index (κ1) is 17.9. The number of amidine groups is 1. The minimum Gasteiger partial charge on any atom is -0.497 e. The molecule has 1 heterocycles. The molecule has 0 radical (unpaired) electrons. The molecule has 0 N–H and O–H groups in total. The summed E-state index contributed by atoms with van der Waals surface area (Å²) in [6, 6.07) is 10.1. The summed E-state index contributed by atoms with van der Waals surface area (Å²) >= 11 is 13.2. The third-order valence-corrected chi connectivity index (χ3v) is 4.82. The van der Waals surface area contributed by atoms with Crippen LogP contribution in [-0.4, -0.2) is 30.0 Å². The molecule has 0 aromatic heterocycles. The molecule has 128 valence electrons. The SMILES string of the molecule is COc1ccc(/C=N/C2=NN=C(c3cc(F)c(Cl)cc3Cl)CS2)cc1. The molecular weight excluding hydrogens is 384 g/mol. The van der Waals surface area contributed by atoms with Gasteiger partial charge in [-0.2, -0.15) is 5.10 Å². The van der Waals surface area contributed by atoms with Crippen LogP contribution in [0.5, 0.6) is 5.75 Å². The summed E-state index contributed by atoms with van der Waals surface area (Å²) in [5, 5.41) is 9.00. The fraction of sp³-hybridized carbons (Fsp3) is 0.118. The average Bonchev–Trinajstić information content (AvgIpc) is 2.64. The Labute approximate surface area is 158 Å². The zero-order valence-corrected chi connectivity index (χ0v) is 15.4. The summed E-state index contributed by atoms with van der Waals surface area (Å²) in [5.74, 6) is 0.725. The molecule has 0 aliphatic carbocycles. The van der Waals surface area contributed by atoms with E-state index in [9.17, 15) is 4.39 Å². The van der Waals surface area contributed by atoms with E-state index in [1.165, 1.54) is 23.9 Å². The van der Waals surface area contributed by atoms with Crippen molar-refractivity contribution >= 4 is 52.1 Å². The highest BCUT2D eigenvalue weighted by Crippen LogP contribution is 2.27. The zero-order valence-electron chi connectivity index (χ0n) is 13.0. The molecule has 1 aliphatic rings. The van der Waals surface area contributed by atoms with Crippen molar-refractivity contribution in [2.24, 2.45) is 15.2 Å². The molecule has 8 heteroatoms. The Balaban J connectivity index is 1.76. The van der Waals surface area contributed by atoms with Crippen molar-refractivity contribution in [1.29, 1.82) is 0 Å². The maximum Gasteiger partial charge on any atom is 0.209 e. The van der Waals surface area contributed by atoms with Crippen LogP contribution in [0.2, 0.25) is 10.0 Å². The van der Waals surface area contributed by atoms with Crippen molar-refractivity contribution in [3.05, 3.63) is 63.4 Å². The molecule has 0 fully saturated rings. The van der Waals surface area contributed by atoms with Crippen LogP contribution >= 0.6 is 35.0 Å². The van der Waals surface area contributed by atoms with Crippen LogP contribution in [0.15, 0.2) is 51.6 Å². The number of rotatable bonds is 3. The first-order chi connectivity index (χ1) is 12.1. The van der Waals surface area contributed by atoms with Gasteiger partial charge in [-0.15, -0.1) is 5.10 Å². The highest BCUT2D eigenvalue weighted by Gasteiger charge is 2.16. The molecular formula is C17H12Cl2FN3OS. The third-order valence-electron chi connectivity index (χ3n) is 3.35. The largest absolute Gasteiger partial charge is 0.497 e. The third kappa shape index (κ3) is 4.39. The number of thioether (sulfide) groups is 1. The smallest absolute Gasteiger partial charge is 0.209 e. The molecule has 1 aliphatic heterocycles. The number of halogens is 3. The number of hydrogen-bond donors (Lipinski definition) is 0. The van der Waals surface area contributed by atoms with Gasteiger partial charge in [-0.1, -0.05) is 35.0 Å². The van der Waals surface area contributed by atoms with E-state index in [2.05, 4.69) is 15.2 Å². The standard InChI is InChI=1S/C17H12Cl2FN3OS/c1-24-11-4-2-10(3-5-11)8-21-17-23-22-16(9-25-17)12-6-15(20)14(19)7-13(12)18/h2-8H,9H2,1H3/b21-8+. The molecule has 2 aromatic carbocycles. The van der Waals surface area contributed by atoms with Crippen molar-refractivity contribution < 1.29 is 9.13 Å². The molecule has 0 unspecified atom stereocenters. The second kappa shape index (κ2) is 7.99. The summed E-state index contributed by atoms with van der Waals surface area (Å²) in [5.41, 5.74) is 1.98. The van der Waals surface area contributed by atoms with Gasteiger partial charge in [-0.3, -0.25) is 0 Å². The lowest BCUT2D eigenvalue weighted by Crippen LogP contribution is -2.11. The number of ether oxygens (including phenoxy) is 1. The fourth-order valence-corrected chi connectivity index (χ4v) is 3.25. The predicted molar refractivity (Wildman–Crippen MR) is 103 cm³/mol. The zero-order chi connectivity index (χ0) is 17.8. The fourth-order valence-electron chi connectivity index (χ4n) is 2.05. The first-order valence-corrected chi connectivity index (χ1v) is 8.91. The molecule has 0 saturated carbocycles. The molecule has 3 rings (SSSR count). The van der Waals surface area contributed by atoms with Crippen LogP contribution < -0.4 is 4.74 Å². The second-order valence-electron chi connectivity index (χ2n) is 5.00. The van der Waals surface area contributed by atoms with Gasteiger partial charge in [-0.05, 0) is 42.0 Å². The summed E-state index contributed by atoms with van der Waals surface area (Å²) in [6.07, 6.45) is 1.70. The lowest BCUT2D eigenvalue weighted by atomic mass is 10.1. The van der Waals surface area contributed by atoms with Crippen LogP contribution in [-0.2, 0) is 0 Å². The predicted octanol–water partition coefficient (Wildman–Crippen LogP) is 5.07. The highest BCUT2D eigenvalue weighted by molar-refractivity contribution is 8.14. The number of methoxy groups -OCH3 is 1. The van der Waals surface area contributed by atoms with E-state index in [0.29, 0.717) is 27.2 Å². The van der Waals surface area contributed by atoms with Crippen LogP contribution in [0.25, 0.3) is 0 Å². The van der Waals surface area contributed by atoms with Gasteiger partial charge in [0.2, 0.25) is 5.17 Å². The van der Waals surface area contributed by atoms with Crippen LogP contribution in [0.1, 0.15) is 11.1 Å². The number of benzene rings is 2. The quantitative estimate of drug-likeness (QED) is 0.537. The van der Waals surface area contributed by atoms with Gasteiger partial charge >= 0.3 is 0 Å². The minimum atomic E-state index is -0.541. The average molecular weight is 396 g/mol. The topological polar surface area (TPSA) is 46.3 Å². The van der Waals surface area contributed by atoms with E-state index in [0.717, 1.165) is 11.3 Å². The van der Waals surface area contributed by atoms with Crippen LogP contribution in [0.4, 0.5) is 4.39 Å². The van der Waals surface area contributed by atoms with E-state index < -0.39 is 5.82 Å². The number of nitrogens with zero attached hydrogens (tertiary/aromatic N) is 3. The molecule has 0 bridgehead atoms. The molecule has 0 spiro atoms. The van der Waals surface area contributed by atoms with Gasteiger partial charge in [0.05, 0.1) is 22.9 Å². The Hall–Kier alpha value is -1.89. The van der Waals surface area contributed by atoms with Crippen LogP contribution in [0, 0.1) is 5.82 Å². The van der Waals surface area contributed by atoms with E-state index in [-0.39, 0.29) is 5.02 Å². The normalized spacial score (nSPS) is 14.4. The van der Waals surface area contributed by atoms with E-state index in [1.807, 2.05) is 24.3 Å². The Kier molecular flexibility index (Phi) is 5.73. The summed E-state index contributed by atoms with van der Waals surface area (Å²) in [6.45, 7) is 0. The molecule has 4 nitrogen and oxygen atoms in total. The van der Waals surface area contributed by atoms with Gasteiger partial charge in [0.25, 0.3) is 0 Å². The highest BCUT2D eigenvalue weighted by atomic mass is 35.5. The summed E-state index contributed by atoms with van der Waals surface area (Å²) in [7, 11) is 1.62. The molecule has 25 heavy (non-hydrogen) atoms. The summed E-state index contributed by atoms with van der Waals surface area (Å²) < 4.78 is 18.7. The maximum absolute atomic E-state index is 13.6. The van der Waals surface area contributed by atoms with Gasteiger partial charge in [0, 0.05) is 17.5 Å². The molecule has 0 atom stereocenters. The van der Waals surface area contributed by atoms with E-state index in [4.69, 9.17) is 27.9 Å². The lowest BCUT2D eigenvalue weighted by molar-refractivity contribution is 0.415. The monoisotopic (exact) mass is 395 g/mol. The Morgan fingerprint density at radius 3 is 2.56 bits per heavy atom. The molecule has 0 amide bonds. The molecule has 2 aromatic rings. The summed E-state index contributed by atoms with van der Waals surface area (Å²) in [4.78, 5) is 4.30. The van der Waals surface area contributed by atoms with E-state index in [1.54, 1.807) is 13.3 Å². The number of hydrogen-bond acceptors (Lipinski definition) is 5. The minimum absolute atomic E-state index is 0.0221. The van der Waals surface area contributed by atoms with Crippen molar-refractivity contribution in [1.82, 2.24) is 0 Å². The van der Waals surface area contributed by atoms with Crippen molar-refractivity contribution in [2.75, 3.05) is 12.9 Å². The van der Waals surface area contributed by atoms with Gasteiger partial charge in [-0.25, -0.2) is 9.38 Å². The van der Waals surface area contributed by atoms with Crippen molar-refractivity contribution in [3.8, 4) is 5.75 Å². The second-order valence-corrected chi connectivity index (χ2v) is 6.75. The van der Waals surface area contributed by atoms with E-state index >= 15 is 0 Å². The maximum atomic E-state index is 13.6. The van der Waals surface area contributed by atoms with Gasteiger partial charge in [0.1, 0.15) is 11.6 Å². The van der Waals surface area contributed by atoms with Gasteiger partial charge < -0.3 is 4.74 Å². The lowest BCUT2D eigenvalue weighted by Gasteiger charge is -2.11. The Bertz CT molecular complexity index is 882. The Morgan fingerprint density at radius 2 is 1.92 bits per heavy atom. The van der Waals surface area contributed by atoms with Crippen molar-refractivity contribution in [2.45, 2.75) is 0 Å². The van der Waals surface area contributed by atoms with Crippen molar-refractivity contribution in [3.63, 3.8) is 0 Å². The van der Waals surface area contributed by atoms with Crippen LogP contribution in [0.3, 0.4) is 0 Å². The first-order valence-electron chi connectivity index (χ1n) is 7.17.